The van der Waals surface area contributed by atoms with Gasteiger partial charge in [-0.15, -0.1) is 0 Å². The zero-order valence-corrected chi connectivity index (χ0v) is 12.8. The molecule has 2 aliphatic rings. The third-order valence-electron chi connectivity index (χ3n) is 5.75. The summed E-state index contributed by atoms with van der Waals surface area (Å²) in [6.07, 6.45) is 10.8. The van der Waals surface area contributed by atoms with Crippen LogP contribution in [0.4, 0.5) is 0 Å². The average Bonchev–Trinajstić information content (AvgIpc) is 2.60. The smallest absolute Gasteiger partial charge is 0.0896 e. The van der Waals surface area contributed by atoms with E-state index in [1.165, 1.54) is 56.1 Å². The lowest BCUT2D eigenvalue weighted by Crippen LogP contribution is -2.25. The van der Waals surface area contributed by atoms with Crippen LogP contribution in [0, 0.1) is 5.92 Å². The Hall–Kier alpha value is -0.820. The molecule has 20 heavy (non-hydrogen) atoms. The van der Waals surface area contributed by atoms with Crippen molar-refractivity contribution in [3.8, 4) is 0 Å². The highest BCUT2D eigenvalue weighted by Crippen LogP contribution is 2.41. The highest BCUT2D eigenvalue weighted by atomic mass is 16.3. The minimum atomic E-state index is -0.566. The maximum absolute atomic E-state index is 11.1. The summed E-state index contributed by atoms with van der Waals surface area (Å²) in [5.41, 5.74) is 2.07. The Morgan fingerprint density at radius 2 is 1.95 bits per heavy atom. The fourth-order valence-corrected chi connectivity index (χ4v) is 3.92. The van der Waals surface area contributed by atoms with Crippen molar-refractivity contribution in [3.63, 3.8) is 0 Å². The van der Waals surface area contributed by atoms with E-state index in [9.17, 15) is 5.11 Å². The van der Waals surface area contributed by atoms with Crippen LogP contribution in [0.3, 0.4) is 0 Å². The molecule has 2 unspecified atom stereocenters. The summed E-state index contributed by atoms with van der Waals surface area (Å²) in [6, 6.07) is 8.86. The summed E-state index contributed by atoms with van der Waals surface area (Å²) < 4.78 is 0. The van der Waals surface area contributed by atoms with Crippen molar-refractivity contribution in [1.82, 2.24) is 0 Å². The summed E-state index contributed by atoms with van der Waals surface area (Å²) in [6.45, 7) is 2.28. The van der Waals surface area contributed by atoms with Crippen LogP contribution < -0.4 is 0 Å². The summed E-state index contributed by atoms with van der Waals surface area (Å²) in [4.78, 5) is 0. The lowest BCUT2D eigenvalue weighted by atomic mass is 9.77. The Kier molecular flexibility index (Phi) is 4.16. The van der Waals surface area contributed by atoms with Crippen LogP contribution in [0.2, 0.25) is 0 Å². The molecule has 1 heteroatoms. The molecular weight excluding hydrogens is 244 g/mol. The van der Waals surface area contributed by atoms with Crippen LogP contribution >= 0.6 is 0 Å². The van der Waals surface area contributed by atoms with Crippen LogP contribution in [-0.4, -0.2) is 5.11 Å². The molecule has 0 aliphatic heterocycles. The normalized spacial score (nSPS) is 31.6. The third kappa shape index (κ3) is 2.79. The molecule has 3 rings (SSSR count). The molecule has 2 aliphatic carbocycles. The fraction of sp³-hybridized carbons (Fsp3) is 0.684. The van der Waals surface area contributed by atoms with E-state index in [0.717, 1.165) is 24.7 Å². The maximum Gasteiger partial charge on any atom is 0.0896 e. The monoisotopic (exact) mass is 272 g/mol. The van der Waals surface area contributed by atoms with Crippen LogP contribution in [0.15, 0.2) is 24.3 Å². The predicted octanol–water partition coefficient (Wildman–Crippen LogP) is 5.13. The van der Waals surface area contributed by atoms with Gasteiger partial charge in [-0.3, -0.25) is 0 Å². The molecule has 1 aromatic rings. The Labute approximate surface area is 123 Å². The second-order valence-electron chi connectivity index (χ2n) is 6.99. The average molecular weight is 272 g/mol. The molecular formula is C19H28O. The SMILES string of the molecule is CCC1CCCC(O)(c2cccc(C3CCC3)c2)CC1. The minimum absolute atomic E-state index is 0.566. The van der Waals surface area contributed by atoms with E-state index >= 15 is 0 Å². The van der Waals surface area contributed by atoms with E-state index < -0.39 is 5.60 Å². The first-order valence-corrected chi connectivity index (χ1v) is 8.54. The molecule has 0 bridgehead atoms. The maximum atomic E-state index is 11.1. The van der Waals surface area contributed by atoms with E-state index in [0.29, 0.717) is 0 Å². The molecule has 2 saturated carbocycles. The largest absolute Gasteiger partial charge is 0.385 e. The van der Waals surface area contributed by atoms with Crippen molar-refractivity contribution in [1.29, 1.82) is 0 Å². The zero-order valence-electron chi connectivity index (χ0n) is 12.8. The van der Waals surface area contributed by atoms with Crippen molar-refractivity contribution in [2.75, 3.05) is 0 Å². The van der Waals surface area contributed by atoms with Crippen LogP contribution in [-0.2, 0) is 5.60 Å². The van der Waals surface area contributed by atoms with Gasteiger partial charge in [0, 0.05) is 0 Å². The number of hydrogen-bond donors (Lipinski definition) is 1. The topological polar surface area (TPSA) is 20.2 Å². The lowest BCUT2D eigenvalue weighted by molar-refractivity contribution is 0.0195. The molecule has 0 saturated heterocycles. The van der Waals surface area contributed by atoms with Gasteiger partial charge in [0.05, 0.1) is 5.60 Å². The van der Waals surface area contributed by atoms with Crippen LogP contribution in [0.5, 0.6) is 0 Å². The van der Waals surface area contributed by atoms with Gasteiger partial charge >= 0.3 is 0 Å². The van der Waals surface area contributed by atoms with Crippen molar-refractivity contribution < 1.29 is 5.11 Å². The van der Waals surface area contributed by atoms with Gasteiger partial charge < -0.3 is 5.11 Å². The molecule has 2 fully saturated rings. The molecule has 0 amide bonds. The number of hydrogen-bond acceptors (Lipinski definition) is 1. The van der Waals surface area contributed by atoms with Crippen molar-refractivity contribution in [2.45, 2.75) is 76.2 Å². The summed E-state index contributed by atoms with van der Waals surface area (Å²) in [5, 5.41) is 11.1. The number of aliphatic hydroxyl groups is 1. The fourth-order valence-electron chi connectivity index (χ4n) is 3.92. The quantitative estimate of drug-likeness (QED) is 0.756. The Morgan fingerprint density at radius 1 is 1.10 bits per heavy atom. The van der Waals surface area contributed by atoms with Crippen molar-refractivity contribution >= 4 is 0 Å². The van der Waals surface area contributed by atoms with Gasteiger partial charge in [-0.1, -0.05) is 50.5 Å². The summed E-state index contributed by atoms with van der Waals surface area (Å²) in [5.74, 6) is 1.58. The molecule has 0 aromatic heterocycles. The predicted molar refractivity (Wildman–Crippen MR) is 83.8 cm³/mol. The standard InChI is InChI=1S/C19H28O/c1-2-15-6-5-12-19(20,13-11-15)18-10-4-9-17(14-18)16-7-3-8-16/h4,9-10,14-16,20H,2-3,5-8,11-13H2,1H3. The Morgan fingerprint density at radius 3 is 2.65 bits per heavy atom. The number of rotatable bonds is 3. The third-order valence-corrected chi connectivity index (χ3v) is 5.75. The summed E-state index contributed by atoms with van der Waals surface area (Å²) >= 11 is 0. The highest BCUT2D eigenvalue weighted by molar-refractivity contribution is 5.31. The van der Waals surface area contributed by atoms with Gasteiger partial charge in [0.2, 0.25) is 0 Å². The molecule has 1 nitrogen and oxygen atoms in total. The zero-order chi connectivity index (χ0) is 14.0. The van der Waals surface area contributed by atoms with Crippen molar-refractivity contribution in [3.05, 3.63) is 35.4 Å². The van der Waals surface area contributed by atoms with E-state index in [2.05, 4.69) is 31.2 Å². The molecule has 0 heterocycles. The Bertz CT molecular complexity index is 449. The minimum Gasteiger partial charge on any atom is -0.385 e. The second kappa shape index (κ2) is 5.89. The summed E-state index contributed by atoms with van der Waals surface area (Å²) in [7, 11) is 0. The van der Waals surface area contributed by atoms with E-state index in [1.807, 2.05) is 0 Å². The number of benzene rings is 1. The van der Waals surface area contributed by atoms with Gasteiger partial charge in [-0.2, -0.15) is 0 Å². The Balaban J connectivity index is 1.79. The first-order valence-electron chi connectivity index (χ1n) is 8.54. The van der Waals surface area contributed by atoms with Crippen molar-refractivity contribution in [2.24, 2.45) is 5.92 Å². The lowest BCUT2D eigenvalue weighted by Gasteiger charge is -2.30. The molecule has 0 radical (unpaired) electrons. The van der Waals surface area contributed by atoms with Gasteiger partial charge in [0.1, 0.15) is 0 Å². The van der Waals surface area contributed by atoms with E-state index in [4.69, 9.17) is 0 Å². The molecule has 1 aromatic carbocycles. The van der Waals surface area contributed by atoms with Gasteiger partial charge in [-0.25, -0.2) is 0 Å². The molecule has 0 spiro atoms. The first-order chi connectivity index (χ1) is 9.71. The molecule has 1 N–H and O–H groups in total. The van der Waals surface area contributed by atoms with Crippen LogP contribution in [0.1, 0.15) is 81.8 Å². The second-order valence-corrected chi connectivity index (χ2v) is 6.99. The van der Waals surface area contributed by atoms with Gasteiger partial charge in [0.15, 0.2) is 0 Å². The first kappa shape index (κ1) is 14.1. The van der Waals surface area contributed by atoms with E-state index in [-0.39, 0.29) is 0 Å². The van der Waals surface area contributed by atoms with Crippen LogP contribution in [0.25, 0.3) is 0 Å². The van der Waals surface area contributed by atoms with E-state index in [1.54, 1.807) is 0 Å². The molecule has 110 valence electrons. The van der Waals surface area contributed by atoms with Gasteiger partial charge in [-0.05, 0) is 61.5 Å². The highest BCUT2D eigenvalue weighted by Gasteiger charge is 2.33. The molecule has 2 atom stereocenters. The van der Waals surface area contributed by atoms with Gasteiger partial charge in [0.25, 0.3) is 0 Å².